The zero-order valence-corrected chi connectivity index (χ0v) is 13.3. The first kappa shape index (κ1) is 15.3. The number of rotatable bonds is 5. The van der Waals surface area contributed by atoms with Gasteiger partial charge in [0, 0.05) is 39.0 Å². The highest BCUT2D eigenvalue weighted by Gasteiger charge is 2.34. The minimum Gasteiger partial charge on any atom is -0.344 e. The average molecular weight is 280 g/mol. The second kappa shape index (κ2) is 6.15. The molecule has 114 valence electrons. The van der Waals surface area contributed by atoms with Gasteiger partial charge in [0.2, 0.25) is 11.8 Å². The summed E-state index contributed by atoms with van der Waals surface area (Å²) in [6.45, 7) is 5.67. The largest absolute Gasteiger partial charge is 0.344 e. The molecule has 2 amide bonds. The molecule has 2 rings (SSSR count). The molecule has 4 heteroatoms. The molecule has 0 saturated heterocycles. The lowest BCUT2D eigenvalue weighted by Crippen LogP contribution is -2.45. The van der Waals surface area contributed by atoms with Gasteiger partial charge in [0.15, 0.2) is 0 Å². The van der Waals surface area contributed by atoms with E-state index in [1.54, 1.807) is 9.80 Å². The van der Waals surface area contributed by atoms with Crippen LogP contribution in [0.25, 0.3) is 0 Å². The van der Waals surface area contributed by atoms with Crippen molar-refractivity contribution >= 4 is 11.8 Å². The van der Waals surface area contributed by atoms with Crippen LogP contribution < -0.4 is 0 Å². The van der Waals surface area contributed by atoms with Gasteiger partial charge in [0.1, 0.15) is 0 Å². The van der Waals surface area contributed by atoms with E-state index in [1.165, 1.54) is 0 Å². The van der Waals surface area contributed by atoms with E-state index in [0.717, 1.165) is 25.7 Å². The quantitative estimate of drug-likeness (QED) is 0.773. The van der Waals surface area contributed by atoms with Gasteiger partial charge >= 0.3 is 0 Å². The maximum atomic E-state index is 12.1. The van der Waals surface area contributed by atoms with E-state index < -0.39 is 0 Å². The molecular weight excluding hydrogens is 252 g/mol. The van der Waals surface area contributed by atoms with Crippen LogP contribution >= 0.6 is 0 Å². The topological polar surface area (TPSA) is 40.6 Å². The summed E-state index contributed by atoms with van der Waals surface area (Å²) in [5.74, 6) is 2.35. The molecule has 0 bridgehead atoms. The van der Waals surface area contributed by atoms with Gasteiger partial charge in [-0.1, -0.05) is 13.8 Å². The Hall–Kier alpha value is -1.06. The van der Waals surface area contributed by atoms with E-state index >= 15 is 0 Å². The Labute approximate surface area is 122 Å². The van der Waals surface area contributed by atoms with Gasteiger partial charge < -0.3 is 9.80 Å². The van der Waals surface area contributed by atoms with Gasteiger partial charge in [-0.05, 0) is 37.5 Å². The Morgan fingerprint density at radius 3 is 1.35 bits per heavy atom. The highest BCUT2D eigenvalue weighted by atomic mass is 16.2. The van der Waals surface area contributed by atoms with Crippen LogP contribution in [-0.2, 0) is 9.59 Å². The fourth-order valence-electron chi connectivity index (χ4n) is 3.35. The lowest BCUT2D eigenvalue weighted by molar-refractivity contribution is -0.142. The van der Waals surface area contributed by atoms with Crippen LogP contribution in [0.15, 0.2) is 0 Å². The van der Waals surface area contributed by atoms with Crippen LogP contribution in [0.1, 0.15) is 39.5 Å². The monoisotopic (exact) mass is 280 g/mol. The highest BCUT2D eigenvalue weighted by molar-refractivity contribution is 5.80. The summed E-state index contributed by atoms with van der Waals surface area (Å²) in [6, 6.07) is 0. The minimum atomic E-state index is 0.225. The third-order valence-electron chi connectivity index (χ3n) is 4.97. The molecule has 2 saturated carbocycles. The molecule has 0 aromatic carbocycles. The van der Waals surface area contributed by atoms with Gasteiger partial charge in [0.25, 0.3) is 0 Å². The predicted octanol–water partition coefficient (Wildman–Crippen LogP) is 2.00. The number of likely N-dealkylation sites (N-methyl/N-ethyl adjacent to an activating group) is 2. The predicted molar refractivity (Wildman–Crippen MR) is 79.1 cm³/mol. The van der Waals surface area contributed by atoms with Crippen molar-refractivity contribution in [2.75, 3.05) is 27.2 Å². The number of carbonyl (C=O) groups is 2. The summed E-state index contributed by atoms with van der Waals surface area (Å²) in [4.78, 5) is 27.8. The molecule has 0 N–H and O–H groups in total. The number of hydrogen-bond donors (Lipinski definition) is 0. The second-order valence-corrected chi connectivity index (χ2v) is 7.07. The SMILES string of the molecule is CC1CC(C(=O)N(C)CCN(C)C(=O)C2CC(C)C2)C1. The molecule has 0 radical (unpaired) electrons. The van der Waals surface area contributed by atoms with Gasteiger partial charge in [-0.25, -0.2) is 0 Å². The fraction of sp³-hybridized carbons (Fsp3) is 0.875. The molecule has 0 heterocycles. The van der Waals surface area contributed by atoms with Crippen molar-refractivity contribution in [3.8, 4) is 0 Å². The summed E-state index contributed by atoms with van der Waals surface area (Å²) < 4.78 is 0. The Kier molecular flexibility index (Phi) is 4.71. The number of nitrogens with zero attached hydrogens (tertiary/aromatic N) is 2. The number of amides is 2. The van der Waals surface area contributed by atoms with E-state index in [2.05, 4.69) is 13.8 Å². The van der Waals surface area contributed by atoms with Gasteiger partial charge in [-0.3, -0.25) is 9.59 Å². The maximum absolute atomic E-state index is 12.1. The molecule has 2 aliphatic rings. The fourth-order valence-corrected chi connectivity index (χ4v) is 3.35. The lowest BCUT2D eigenvalue weighted by Gasteiger charge is -2.36. The zero-order valence-electron chi connectivity index (χ0n) is 13.3. The van der Waals surface area contributed by atoms with Crippen molar-refractivity contribution < 1.29 is 9.59 Å². The van der Waals surface area contributed by atoms with Gasteiger partial charge in [-0.2, -0.15) is 0 Å². The molecule has 0 aromatic heterocycles. The standard InChI is InChI=1S/C16H28N2O2/c1-11-7-13(8-11)15(19)17(3)5-6-18(4)16(20)14-9-12(2)10-14/h11-14H,5-10H2,1-4H3. The van der Waals surface area contributed by atoms with E-state index in [0.29, 0.717) is 24.9 Å². The smallest absolute Gasteiger partial charge is 0.225 e. The molecule has 0 aliphatic heterocycles. The summed E-state index contributed by atoms with van der Waals surface area (Å²) in [5, 5.41) is 0. The van der Waals surface area contributed by atoms with Gasteiger partial charge in [0.05, 0.1) is 0 Å². The number of hydrogen-bond acceptors (Lipinski definition) is 2. The van der Waals surface area contributed by atoms with Crippen LogP contribution in [0.4, 0.5) is 0 Å². The first-order chi connectivity index (χ1) is 9.38. The molecular formula is C16H28N2O2. The molecule has 0 spiro atoms. The van der Waals surface area contributed by atoms with Crippen LogP contribution in [0.5, 0.6) is 0 Å². The molecule has 4 nitrogen and oxygen atoms in total. The zero-order chi connectivity index (χ0) is 14.9. The first-order valence-electron chi connectivity index (χ1n) is 7.88. The first-order valence-corrected chi connectivity index (χ1v) is 7.88. The third-order valence-corrected chi connectivity index (χ3v) is 4.97. The molecule has 20 heavy (non-hydrogen) atoms. The van der Waals surface area contributed by atoms with Crippen molar-refractivity contribution in [2.45, 2.75) is 39.5 Å². The summed E-state index contributed by atoms with van der Waals surface area (Å²) >= 11 is 0. The van der Waals surface area contributed by atoms with Gasteiger partial charge in [-0.15, -0.1) is 0 Å². The lowest BCUT2D eigenvalue weighted by atomic mass is 9.75. The molecule has 2 aliphatic carbocycles. The minimum absolute atomic E-state index is 0.225. The molecule has 0 atom stereocenters. The van der Waals surface area contributed by atoms with Crippen molar-refractivity contribution in [1.82, 2.24) is 9.80 Å². The average Bonchev–Trinajstić information content (AvgIpc) is 2.35. The van der Waals surface area contributed by atoms with Crippen molar-refractivity contribution in [1.29, 1.82) is 0 Å². The van der Waals surface area contributed by atoms with Crippen molar-refractivity contribution in [3.63, 3.8) is 0 Å². The van der Waals surface area contributed by atoms with Crippen LogP contribution in [0.2, 0.25) is 0 Å². The van der Waals surface area contributed by atoms with Crippen LogP contribution in [0.3, 0.4) is 0 Å². The van der Waals surface area contributed by atoms with Crippen LogP contribution in [-0.4, -0.2) is 48.8 Å². The number of carbonyl (C=O) groups excluding carboxylic acids is 2. The van der Waals surface area contributed by atoms with E-state index in [-0.39, 0.29) is 23.7 Å². The molecule has 0 unspecified atom stereocenters. The Bertz CT molecular complexity index is 335. The summed E-state index contributed by atoms with van der Waals surface area (Å²) in [6.07, 6.45) is 4.10. The normalized spacial score (nSPS) is 32.0. The second-order valence-electron chi connectivity index (χ2n) is 7.07. The third kappa shape index (κ3) is 3.33. The Morgan fingerprint density at radius 2 is 1.10 bits per heavy atom. The van der Waals surface area contributed by atoms with Crippen LogP contribution in [0, 0.1) is 23.7 Å². The molecule has 0 aromatic rings. The van der Waals surface area contributed by atoms with E-state index in [1.807, 2.05) is 14.1 Å². The van der Waals surface area contributed by atoms with Crippen molar-refractivity contribution in [2.24, 2.45) is 23.7 Å². The maximum Gasteiger partial charge on any atom is 0.225 e. The van der Waals surface area contributed by atoms with E-state index in [9.17, 15) is 9.59 Å². The van der Waals surface area contributed by atoms with Crippen molar-refractivity contribution in [3.05, 3.63) is 0 Å². The molecule has 2 fully saturated rings. The Balaban J connectivity index is 1.68. The summed E-state index contributed by atoms with van der Waals surface area (Å²) in [5.41, 5.74) is 0. The Morgan fingerprint density at radius 1 is 0.800 bits per heavy atom. The van der Waals surface area contributed by atoms with E-state index in [4.69, 9.17) is 0 Å². The summed E-state index contributed by atoms with van der Waals surface area (Å²) in [7, 11) is 3.71. The highest BCUT2D eigenvalue weighted by Crippen LogP contribution is 2.35.